The molecule has 2 amide bonds. The van der Waals surface area contributed by atoms with Crippen LogP contribution in [0, 0.1) is 0 Å². The lowest BCUT2D eigenvalue weighted by Crippen LogP contribution is -2.34. The zero-order chi connectivity index (χ0) is 16.9. The quantitative estimate of drug-likeness (QED) is 0.907. The highest BCUT2D eigenvalue weighted by atomic mass is 32.1. The van der Waals surface area contributed by atoms with E-state index in [2.05, 4.69) is 5.32 Å². The summed E-state index contributed by atoms with van der Waals surface area (Å²) in [6.45, 7) is 0.767. The van der Waals surface area contributed by atoms with Crippen molar-refractivity contribution in [1.29, 1.82) is 0 Å². The zero-order valence-corrected chi connectivity index (χ0v) is 14.3. The van der Waals surface area contributed by atoms with E-state index in [-0.39, 0.29) is 24.5 Å². The van der Waals surface area contributed by atoms with Crippen molar-refractivity contribution < 1.29 is 14.3 Å². The summed E-state index contributed by atoms with van der Waals surface area (Å²) in [5, 5.41) is 2.63. The van der Waals surface area contributed by atoms with Gasteiger partial charge in [-0.25, -0.2) is 0 Å². The highest BCUT2D eigenvalue weighted by Gasteiger charge is 2.31. The van der Waals surface area contributed by atoms with Crippen LogP contribution in [0.4, 0.5) is 0 Å². The third kappa shape index (κ3) is 3.59. The minimum absolute atomic E-state index is 0.0174. The number of amides is 2. The monoisotopic (exact) mass is 344 g/mol. The van der Waals surface area contributed by atoms with Crippen LogP contribution in [0.25, 0.3) is 0 Å². The van der Waals surface area contributed by atoms with Gasteiger partial charge in [-0.05, 0) is 37.1 Å². The molecule has 1 N–H and O–H groups in total. The second kappa shape index (κ2) is 7.49. The Bertz CT molecular complexity index is 714. The number of rotatable bonds is 5. The maximum atomic E-state index is 12.5. The normalized spacial score (nSPS) is 16.9. The highest BCUT2D eigenvalue weighted by molar-refractivity contribution is 7.14. The molecule has 0 spiro atoms. The minimum Gasteiger partial charge on any atom is -0.484 e. The summed E-state index contributed by atoms with van der Waals surface area (Å²) < 4.78 is 5.57. The van der Waals surface area contributed by atoms with Gasteiger partial charge in [-0.1, -0.05) is 18.2 Å². The van der Waals surface area contributed by atoms with Gasteiger partial charge in [0, 0.05) is 18.5 Å². The van der Waals surface area contributed by atoms with E-state index in [4.69, 9.17) is 4.74 Å². The standard InChI is InChI=1S/C18H20N2O3S/c1-19-18(22)16-10-9-15(24-16)14-8-5-11-20(14)17(21)12-23-13-6-3-2-4-7-13/h2-4,6-7,9-10,14H,5,8,11-12H2,1H3,(H,19,22)/t14-/m0/s1. The van der Waals surface area contributed by atoms with Gasteiger partial charge < -0.3 is 15.0 Å². The van der Waals surface area contributed by atoms with Crippen molar-refractivity contribution in [2.24, 2.45) is 0 Å². The number of ether oxygens (including phenoxy) is 1. The van der Waals surface area contributed by atoms with Gasteiger partial charge in [0.2, 0.25) is 0 Å². The van der Waals surface area contributed by atoms with Crippen LogP contribution in [-0.2, 0) is 4.79 Å². The number of para-hydroxylation sites is 1. The van der Waals surface area contributed by atoms with E-state index in [0.29, 0.717) is 10.6 Å². The molecule has 0 saturated carbocycles. The Kier molecular flexibility index (Phi) is 5.15. The van der Waals surface area contributed by atoms with E-state index in [1.54, 1.807) is 7.05 Å². The van der Waals surface area contributed by atoms with Crippen LogP contribution in [-0.4, -0.2) is 36.9 Å². The Morgan fingerprint density at radius 2 is 2.04 bits per heavy atom. The second-order valence-corrected chi connectivity index (χ2v) is 6.74. The van der Waals surface area contributed by atoms with E-state index < -0.39 is 0 Å². The molecule has 1 aromatic carbocycles. The third-order valence-corrected chi connectivity index (χ3v) is 5.27. The van der Waals surface area contributed by atoms with Crippen LogP contribution in [0.1, 0.15) is 33.4 Å². The molecule has 24 heavy (non-hydrogen) atoms. The van der Waals surface area contributed by atoms with Crippen molar-refractivity contribution in [3.05, 3.63) is 52.2 Å². The first-order valence-electron chi connectivity index (χ1n) is 7.98. The Morgan fingerprint density at radius 1 is 1.25 bits per heavy atom. The Morgan fingerprint density at radius 3 is 2.79 bits per heavy atom. The zero-order valence-electron chi connectivity index (χ0n) is 13.5. The molecule has 1 aliphatic heterocycles. The lowest BCUT2D eigenvalue weighted by Gasteiger charge is -2.24. The minimum atomic E-state index is -0.0884. The molecule has 126 valence electrons. The van der Waals surface area contributed by atoms with Gasteiger partial charge in [0.25, 0.3) is 11.8 Å². The van der Waals surface area contributed by atoms with Gasteiger partial charge in [-0.3, -0.25) is 9.59 Å². The summed E-state index contributed by atoms with van der Waals surface area (Å²) in [4.78, 5) is 27.8. The van der Waals surface area contributed by atoms with Crippen molar-refractivity contribution in [3.63, 3.8) is 0 Å². The van der Waals surface area contributed by atoms with Crippen LogP contribution in [0.2, 0.25) is 0 Å². The van der Waals surface area contributed by atoms with E-state index in [0.717, 1.165) is 24.3 Å². The summed E-state index contributed by atoms with van der Waals surface area (Å²) in [5.74, 6) is 0.588. The SMILES string of the molecule is CNC(=O)c1ccc([C@@H]2CCCN2C(=O)COc2ccccc2)s1. The molecule has 0 aliphatic carbocycles. The van der Waals surface area contributed by atoms with Crippen molar-refractivity contribution in [3.8, 4) is 5.75 Å². The summed E-state index contributed by atoms with van der Waals surface area (Å²) in [5.41, 5.74) is 0. The molecule has 0 unspecified atom stereocenters. The summed E-state index contributed by atoms with van der Waals surface area (Å²) in [6.07, 6.45) is 1.89. The van der Waals surface area contributed by atoms with Crippen molar-refractivity contribution in [2.45, 2.75) is 18.9 Å². The van der Waals surface area contributed by atoms with Crippen molar-refractivity contribution in [1.82, 2.24) is 10.2 Å². The molecule has 0 radical (unpaired) electrons. The number of hydrogen-bond donors (Lipinski definition) is 1. The molecule has 1 aromatic heterocycles. The van der Waals surface area contributed by atoms with E-state index >= 15 is 0 Å². The van der Waals surface area contributed by atoms with Crippen LogP contribution >= 0.6 is 11.3 Å². The van der Waals surface area contributed by atoms with E-state index in [1.165, 1.54) is 11.3 Å². The number of nitrogens with one attached hydrogen (secondary N) is 1. The fourth-order valence-electron chi connectivity index (χ4n) is 2.88. The first kappa shape index (κ1) is 16.5. The number of thiophene rings is 1. The van der Waals surface area contributed by atoms with Crippen LogP contribution in [0.15, 0.2) is 42.5 Å². The molecule has 2 heterocycles. The van der Waals surface area contributed by atoms with Crippen LogP contribution in [0.5, 0.6) is 5.75 Å². The van der Waals surface area contributed by atoms with Gasteiger partial charge in [-0.2, -0.15) is 0 Å². The maximum absolute atomic E-state index is 12.5. The summed E-state index contributed by atoms with van der Waals surface area (Å²) >= 11 is 1.45. The molecular weight excluding hydrogens is 324 g/mol. The molecule has 1 saturated heterocycles. The van der Waals surface area contributed by atoms with Gasteiger partial charge in [0.15, 0.2) is 6.61 Å². The molecule has 1 fully saturated rings. The number of hydrogen-bond acceptors (Lipinski definition) is 4. The molecule has 0 bridgehead atoms. The largest absolute Gasteiger partial charge is 0.484 e. The fourth-order valence-corrected chi connectivity index (χ4v) is 3.98. The van der Waals surface area contributed by atoms with Gasteiger partial charge in [0.1, 0.15) is 5.75 Å². The van der Waals surface area contributed by atoms with Gasteiger partial charge in [0.05, 0.1) is 10.9 Å². The lowest BCUT2D eigenvalue weighted by molar-refractivity contribution is -0.134. The third-order valence-electron chi connectivity index (χ3n) is 4.08. The predicted molar refractivity (Wildman–Crippen MR) is 93.3 cm³/mol. The van der Waals surface area contributed by atoms with Gasteiger partial charge in [-0.15, -0.1) is 11.3 Å². The number of benzene rings is 1. The average molecular weight is 344 g/mol. The molecule has 6 heteroatoms. The molecule has 3 rings (SSSR count). The topological polar surface area (TPSA) is 58.6 Å². The highest BCUT2D eigenvalue weighted by Crippen LogP contribution is 2.36. The van der Waals surface area contributed by atoms with E-state index in [1.807, 2.05) is 47.4 Å². The van der Waals surface area contributed by atoms with Gasteiger partial charge >= 0.3 is 0 Å². The Balaban J connectivity index is 1.65. The van der Waals surface area contributed by atoms with Crippen LogP contribution in [0.3, 0.4) is 0 Å². The van der Waals surface area contributed by atoms with E-state index in [9.17, 15) is 9.59 Å². The summed E-state index contributed by atoms with van der Waals surface area (Å²) in [7, 11) is 1.62. The average Bonchev–Trinajstić information content (AvgIpc) is 3.28. The number of carbonyl (C=O) groups is 2. The van der Waals surface area contributed by atoms with Crippen molar-refractivity contribution in [2.75, 3.05) is 20.2 Å². The second-order valence-electron chi connectivity index (χ2n) is 5.63. The maximum Gasteiger partial charge on any atom is 0.261 e. The first-order valence-corrected chi connectivity index (χ1v) is 8.80. The number of nitrogens with zero attached hydrogens (tertiary/aromatic N) is 1. The molecule has 1 aliphatic rings. The Labute approximate surface area is 145 Å². The van der Waals surface area contributed by atoms with Crippen molar-refractivity contribution >= 4 is 23.2 Å². The number of carbonyl (C=O) groups excluding carboxylic acids is 2. The molecular formula is C18H20N2O3S. The number of likely N-dealkylation sites (tertiary alicyclic amines) is 1. The molecule has 5 nitrogen and oxygen atoms in total. The summed E-state index contributed by atoms with van der Waals surface area (Å²) in [6, 6.07) is 13.2. The lowest BCUT2D eigenvalue weighted by atomic mass is 10.2. The predicted octanol–water partition coefficient (Wildman–Crippen LogP) is 2.85. The molecule has 2 aromatic rings. The Hall–Kier alpha value is -2.34. The smallest absolute Gasteiger partial charge is 0.261 e. The molecule has 1 atom stereocenters. The fraction of sp³-hybridized carbons (Fsp3) is 0.333. The first-order chi connectivity index (χ1) is 11.7. The van der Waals surface area contributed by atoms with Crippen LogP contribution < -0.4 is 10.1 Å².